The first kappa shape index (κ1) is 24.0. The van der Waals surface area contributed by atoms with Crippen LogP contribution in [0, 0.1) is 12.7 Å². The number of nitrogens with two attached hydrogens (primary N) is 1. The molecule has 2 amide bonds. The smallest absolute Gasteiger partial charge is 0.346 e. The molecule has 0 atom stereocenters. The molecular formula is C26H27FN8O3. The predicted molar refractivity (Wildman–Crippen MR) is 135 cm³/mol. The van der Waals surface area contributed by atoms with Crippen LogP contribution in [0.1, 0.15) is 70.9 Å². The fourth-order valence-corrected chi connectivity index (χ4v) is 6.36. The van der Waals surface area contributed by atoms with Crippen molar-refractivity contribution in [2.24, 2.45) is 12.8 Å². The molecule has 3 heterocycles. The zero-order chi connectivity index (χ0) is 26.8. The Labute approximate surface area is 216 Å². The largest absolute Gasteiger partial charge is 0.366 e. The van der Waals surface area contributed by atoms with E-state index >= 15 is 0 Å². The van der Waals surface area contributed by atoms with Crippen LogP contribution in [0.25, 0.3) is 5.52 Å². The van der Waals surface area contributed by atoms with Crippen LogP contribution in [0.3, 0.4) is 0 Å². The van der Waals surface area contributed by atoms with E-state index in [1.165, 1.54) is 23.0 Å². The van der Waals surface area contributed by atoms with E-state index in [4.69, 9.17) is 10.8 Å². The number of aromatic nitrogens is 6. The highest BCUT2D eigenvalue weighted by Crippen LogP contribution is 2.56. The molecule has 2 bridgehead atoms. The van der Waals surface area contributed by atoms with Gasteiger partial charge in [-0.15, -0.1) is 0 Å². The summed E-state index contributed by atoms with van der Waals surface area (Å²) in [7, 11) is 1.68. The van der Waals surface area contributed by atoms with Crippen molar-refractivity contribution in [3.05, 3.63) is 75.7 Å². The Hall–Kier alpha value is -4.35. The summed E-state index contributed by atoms with van der Waals surface area (Å²) in [4.78, 5) is 41.7. The maximum atomic E-state index is 13.8. The third-order valence-electron chi connectivity index (χ3n) is 8.41. The van der Waals surface area contributed by atoms with Crippen LogP contribution < -0.4 is 16.7 Å². The lowest BCUT2D eigenvalue weighted by molar-refractivity contribution is 0.0421. The fraction of sp³-hybridized carbons (Fsp3) is 0.385. The lowest BCUT2D eigenvalue weighted by Crippen LogP contribution is -2.53. The molecule has 0 unspecified atom stereocenters. The van der Waals surface area contributed by atoms with Crippen LogP contribution in [0.4, 0.5) is 10.1 Å². The lowest BCUT2D eigenvalue weighted by atomic mass is 9.56. The number of anilines is 1. The predicted octanol–water partition coefficient (Wildman–Crippen LogP) is 2.42. The van der Waals surface area contributed by atoms with Crippen LogP contribution >= 0.6 is 0 Å². The Morgan fingerprint density at radius 3 is 2.42 bits per heavy atom. The summed E-state index contributed by atoms with van der Waals surface area (Å²) >= 11 is 0. The average molecular weight is 519 g/mol. The summed E-state index contributed by atoms with van der Waals surface area (Å²) in [5, 5.41) is 11.8. The number of nitrogens with zero attached hydrogens (tertiary/aromatic N) is 6. The Bertz CT molecular complexity index is 1660. The molecule has 0 aliphatic heterocycles. The van der Waals surface area contributed by atoms with Crippen molar-refractivity contribution in [3.8, 4) is 0 Å². The van der Waals surface area contributed by atoms with Gasteiger partial charge >= 0.3 is 5.69 Å². The van der Waals surface area contributed by atoms with Gasteiger partial charge < -0.3 is 11.1 Å². The number of fused-ring (bicyclic) bond motifs is 4. The van der Waals surface area contributed by atoms with Crippen LogP contribution in [-0.4, -0.2) is 40.8 Å². The first-order valence-corrected chi connectivity index (χ1v) is 12.5. The summed E-state index contributed by atoms with van der Waals surface area (Å²) in [5.74, 6) is -1.46. The molecule has 0 radical (unpaired) electrons. The number of hydrogen-bond donors (Lipinski definition) is 2. The first-order chi connectivity index (χ1) is 18.1. The number of amides is 2. The van der Waals surface area contributed by atoms with Gasteiger partial charge in [-0.25, -0.2) is 23.4 Å². The standard InChI is InChI=1S/C26H27FN8O3/c1-15-31-33(2)24(38)35(15)26-8-5-25(6-9-26,7-10-26)20-14-19-21(29-11-12-34(19)32-20)23(37)30-16-3-4-18(27)17(13-16)22(28)36/h3-4,11-14H,5-10H2,1-2H3,(H2,28,36)(H,30,37). The second-order valence-corrected chi connectivity index (χ2v) is 10.4. The minimum absolute atomic E-state index is 0.0736. The second kappa shape index (κ2) is 8.33. The Kier molecular flexibility index (Phi) is 5.27. The minimum atomic E-state index is -0.925. The van der Waals surface area contributed by atoms with Crippen LogP contribution in [0.15, 0.2) is 41.5 Å². The van der Waals surface area contributed by atoms with Gasteiger partial charge in [-0.3, -0.25) is 14.2 Å². The first-order valence-electron chi connectivity index (χ1n) is 12.5. The molecular weight excluding hydrogens is 491 g/mol. The number of aryl methyl sites for hydroxylation is 2. The highest BCUT2D eigenvalue weighted by molar-refractivity contribution is 6.07. The van der Waals surface area contributed by atoms with Gasteiger partial charge in [-0.05, 0) is 69.7 Å². The summed E-state index contributed by atoms with van der Waals surface area (Å²) in [6.07, 6.45) is 8.38. The number of benzene rings is 1. The monoisotopic (exact) mass is 518 g/mol. The summed E-state index contributed by atoms with van der Waals surface area (Å²) in [5.41, 5.74) is 6.31. The van der Waals surface area contributed by atoms with Gasteiger partial charge in [0.2, 0.25) is 0 Å². The molecule has 3 aromatic heterocycles. The maximum absolute atomic E-state index is 13.8. The number of nitrogens with one attached hydrogen (secondary N) is 1. The quantitative estimate of drug-likeness (QED) is 0.416. The molecule has 1 aromatic carbocycles. The summed E-state index contributed by atoms with van der Waals surface area (Å²) in [6, 6.07) is 5.54. The summed E-state index contributed by atoms with van der Waals surface area (Å²) < 4.78 is 18.8. The SMILES string of the molecule is Cc1nn(C)c(=O)n1C12CCC(c3cc4c(C(=O)Nc5ccc(F)c(C(N)=O)c5)nccn4n3)(CC1)CC2. The molecule has 0 spiro atoms. The minimum Gasteiger partial charge on any atom is -0.366 e. The van der Waals surface area contributed by atoms with Crippen molar-refractivity contribution in [3.63, 3.8) is 0 Å². The number of halogens is 1. The molecule has 3 saturated carbocycles. The number of primary amides is 1. The molecule has 12 heteroatoms. The molecule has 38 heavy (non-hydrogen) atoms. The molecule has 3 fully saturated rings. The van der Waals surface area contributed by atoms with Gasteiger partial charge in [0.25, 0.3) is 11.8 Å². The van der Waals surface area contributed by atoms with Gasteiger partial charge in [0.1, 0.15) is 11.6 Å². The van der Waals surface area contributed by atoms with Gasteiger partial charge in [0.15, 0.2) is 5.69 Å². The highest BCUT2D eigenvalue weighted by Gasteiger charge is 2.52. The number of carbonyl (C=O) groups is 2. The van der Waals surface area contributed by atoms with E-state index in [2.05, 4.69) is 15.4 Å². The van der Waals surface area contributed by atoms with Crippen molar-refractivity contribution < 1.29 is 14.0 Å². The van der Waals surface area contributed by atoms with Crippen molar-refractivity contribution >= 4 is 23.0 Å². The molecule has 11 nitrogen and oxygen atoms in total. The average Bonchev–Trinajstić information content (AvgIpc) is 3.46. The molecule has 7 rings (SSSR count). The molecule has 196 valence electrons. The Morgan fingerprint density at radius 2 is 1.79 bits per heavy atom. The van der Waals surface area contributed by atoms with E-state index in [0.717, 1.165) is 56.1 Å². The van der Waals surface area contributed by atoms with E-state index in [-0.39, 0.29) is 33.6 Å². The fourth-order valence-electron chi connectivity index (χ4n) is 6.36. The third kappa shape index (κ3) is 3.54. The van der Waals surface area contributed by atoms with E-state index in [1.807, 2.05) is 17.6 Å². The van der Waals surface area contributed by atoms with E-state index in [0.29, 0.717) is 5.52 Å². The van der Waals surface area contributed by atoms with Crippen molar-refractivity contribution in [1.82, 2.24) is 28.9 Å². The molecule has 0 saturated heterocycles. The number of carbonyl (C=O) groups excluding carboxylic acids is 2. The molecule has 4 aromatic rings. The van der Waals surface area contributed by atoms with Crippen molar-refractivity contribution in [2.75, 3.05) is 5.32 Å². The Morgan fingerprint density at radius 1 is 1.08 bits per heavy atom. The zero-order valence-electron chi connectivity index (χ0n) is 21.1. The van der Waals surface area contributed by atoms with Gasteiger partial charge in [0.05, 0.1) is 22.3 Å². The molecule has 3 aliphatic carbocycles. The van der Waals surface area contributed by atoms with E-state index < -0.39 is 17.6 Å². The summed E-state index contributed by atoms with van der Waals surface area (Å²) in [6.45, 7) is 1.88. The normalized spacial score (nSPS) is 22.6. The third-order valence-corrected chi connectivity index (χ3v) is 8.41. The van der Waals surface area contributed by atoms with Crippen LogP contribution in [0.5, 0.6) is 0 Å². The number of rotatable bonds is 5. The van der Waals surface area contributed by atoms with E-state index in [9.17, 15) is 18.8 Å². The highest BCUT2D eigenvalue weighted by atomic mass is 19.1. The van der Waals surface area contributed by atoms with Gasteiger partial charge in [-0.1, -0.05) is 0 Å². The molecule has 3 N–H and O–H groups in total. The van der Waals surface area contributed by atoms with E-state index in [1.54, 1.807) is 17.8 Å². The zero-order valence-corrected chi connectivity index (χ0v) is 21.1. The second-order valence-electron chi connectivity index (χ2n) is 10.4. The van der Waals surface area contributed by atoms with Crippen LogP contribution in [0.2, 0.25) is 0 Å². The topological polar surface area (TPSA) is 142 Å². The number of hydrogen-bond acceptors (Lipinski definition) is 6. The van der Waals surface area contributed by atoms with Crippen molar-refractivity contribution in [1.29, 1.82) is 0 Å². The Balaban J connectivity index is 1.29. The van der Waals surface area contributed by atoms with Crippen LogP contribution in [-0.2, 0) is 18.0 Å². The molecule has 3 aliphatic rings. The van der Waals surface area contributed by atoms with Gasteiger partial charge in [0, 0.05) is 30.5 Å². The van der Waals surface area contributed by atoms with Gasteiger partial charge in [-0.2, -0.15) is 10.2 Å². The van der Waals surface area contributed by atoms with Crippen molar-refractivity contribution in [2.45, 2.75) is 56.4 Å². The maximum Gasteiger partial charge on any atom is 0.346 e. The lowest BCUT2D eigenvalue weighted by Gasteiger charge is -2.53.